The number of methoxy groups -OCH3 is 1. The lowest BCUT2D eigenvalue weighted by molar-refractivity contribution is -0.135. The lowest BCUT2D eigenvalue weighted by Gasteiger charge is -2.10. The Morgan fingerprint density at radius 1 is 0.897 bits per heavy atom. The second kappa shape index (κ2) is 9.46. The molecule has 0 atom stereocenters. The molecule has 0 spiro atoms. The van der Waals surface area contributed by atoms with Crippen LogP contribution in [-0.4, -0.2) is 25.5 Å². The second-order valence-corrected chi connectivity index (χ2v) is 6.15. The highest BCUT2D eigenvalue weighted by molar-refractivity contribution is 6.22. The largest absolute Gasteiger partial charge is 0.496 e. The van der Waals surface area contributed by atoms with Crippen LogP contribution in [0.4, 0.5) is 4.39 Å². The molecule has 4 nitrogen and oxygen atoms in total. The van der Waals surface area contributed by atoms with Crippen LogP contribution in [0.1, 0.15) is 21.5 Å². The zero-order chi connectivity index (χ0) is 20.6. The van der Waals surface area contributed by atoms with Gasteiger partial charge in [-0.15, -0.1) is 0 Å². The van der Waals surface area contributed by atoms with E-state index in [0.717, 1.165) is 0 Å². The van der Waals surface area contributed by atoms with Crippen molar-refractivity contribution in [2.45, 2.75) is 0 Å². The highest BCUT2D eigenvalue weighted by Crippen LogP contribution is 2.25. The van der Waals surface area contributed by atoms with Gasteiger partial charge in [0.2, 0.25) is 5.78 Å². The fraction of sp³-hybridized carbons (Fsp3) is 0.0833. The van der Waals surface area contributed by atoms with Crippen LogP contribution < -0.4 is 4.74 Å². The van der Waals surface area contributed by atoms with Gasteiger partial charge in [0, 0.05) is 5.56 Å². The summed E-state index contributed by atoms with van der Waals surface area (Å²) in [6.07, 6.45) is 1.64. The molecule has 3 aromatic carbocycles. The number of benzene rings is 3. The van der Waals surface area contributed by atoms with Gasteiger partial charge in [0.15, 0.2) is 6.61 Å². The second-order valence-electron chi connectivity index (χ2n) is 6.15. The zero-order valence-corrected chi connectivity index (χ0v) is 15.8. The molecule has 5 heteroatoms. The number of carbonyl (C=O) groups is 2. The van der Waals surface area contributed by atoms with E-state index in [0.29, 0.717) is 16.9 Å². The molecule has 29 heavy (non-hydrogen) atoms. The van der Waals surface area contributed by atoms with E-state index in [9.17, 15) is 14.0 Å². The van der Waals surface area contributed by atoms with Crippen molar-refractivity contribution in [2.75, 3.05) is 13.7 Å². The first kappa shape index (κ1) is 20.0. The Kier molecular flexibility index (Phi) is 6.53. The molecule has 146 valence electrons. The number of ether oxygens (including phenoxy) is 2. The first-order chi connectivity index (χ1) is 14.1. The van der Waals surface area contributed by atoms with Crippen molar-refractivity contribution in [1.29, 1.82) is 0 Å². The molecule has 0 aliphatic rings. The maximum Gasteiger partial charge on any atom is 0.339 e. The van der Waals surface area contributed by atoms with Gasteiger partial charge in [0.1, 0.15) is 11.6 Å². The van der Waals surface area contributed by atoms with Crippen molar-refractivity contribution in [2.24, 2.45) is 0 Å². The fourth-order valence-electron chi connectivity index (χ4n) is 2.79. The third-order valence-corrected chi connectivity index (χ3v) is 4.25. The molecule has 0 saturated carbocycles. The summed E-state index contributed by atoms with van der Waals surface area (Å²) in [5.74, 6) is -1.36. The van der Waals surface area contributed by atoms with Gasteiger partial charge < -0.3 is 9.47 Å². The van der Waals surface area contributed by atoms with Crippen LogP contribution in [0.25, 0.3) is 11.6 Å². The molecule has 0 aliphatic carbocycles. The average Bonchev–Trinajstić information content (AvgIpc) is 2.76. The van der Waals surface area contributed by atoms with Crippen molar-refractivity contribution in [3.8, 4) is 5.75 Å². The Bertz CT molecular complexity index is 1040. The Balaban J connectivity index is 1.87. The number of hydrogen-bond donors (Lipinski definition) is 0. The molecule has 0 radical (unpaired) electrons. The first-order valence-corrected chi connectivity index (χ1v) is 8.95. The zero-order valence-electron chi connectivity index (χ0n) is 15.8. The monoisotopic (exact) mass is 390 g/mol. The van der Waals surface area contributed by atoms with Crippen LogP contribution in [0.15, 0.2) is 78.9 Å². The topological polar surface area (TPSA) is 52.6 Å². The Hall–Kier alpha value is -3.73. The molecule has 3 rings (SSSR count). The molecule has 0 N–H and O–H groups in total. The van der Waals surface area contributed by atoms with Crippen LogP contribution in [0.2, 0.25) is 0 Å². The standard InChI is InChI=1S/C24H19FO4/c1-28-23-14-8-5-11-18(23)15-20(17-9-3-2-4-10-17)24(27)29-16-22(26)19-12-6-7-13-21(19)25/h2-15H,16H2,1H3/b20-15+. The van der Waals surface area contributed by atoms with Gasteiger partial charge >= 0.3 is 5.97 Å². The van der Waals surface area contributed by atoms with E-state index in [1.807, 2.05) is 18.2 Å². The molecule has 0 bridgehead atoms. The molecule has 0 aliphatic heterocycles. The molecule has 0 amide bonds. The van der Waals surface area contributed by atoms with E-state index in [1.54, 1.807) is 55.7 Å². The van der Waals surface area contributed by atoms with Crippen LogP contribution in [0, 0.1) is 5.82 Å². The minimum Gasteiger partial charge on any atom is -0.496 e. The SMILES string of the molecule is COc1ccccc1/C=C(/C(=O)OCC(=O)c1ccccc1F)c1ccccc1. The van der Waals surface area contributed by atoms with Crippen molar-refractivity contribution >= 4 is 23.4 Å². The molecule has 0 heterocycles. The Morgan fingerprint density at radius 2 is 1.55 bits per heavy atom. The summed E-state index contributed by atoms with van der Waals surface area (Å²) in [6, 6.07) is 21.8. The van der Waals surface area contributed by atoms with Crippen molar-refractivity contribution in [1.82, 2.24) is 0 Å². The van der Waals surface area contributed by atoms with Crippen LogP contribution in [0.3, 0.4) is 0 Å². The van der Waals surface area contributed by atoms with E-state index in [1.165, 1.54) is 18.2 Å². The number of ketones is 1. The predicted octanol–water partition coefficient (Wildman–Crippen LogP) is 4.80. The molecule has 0 unspecified atom stereocenters. The van der Waals surface area contributed by atoms with Crippen LogP contribution in [-0.2, 0) is 9.53 Å². The normalized spacial score (nSPS) is 11.0. The van der Waals surface area contributed by atoms with Crippen LogP contribution >= 0.6 is 0 Å². The summed E-state index contributed by atoms with van der Waals surface area (Å²) in [5.41, 5.74) is 1.46. The number of para-hydroxylation sites is 1. The van der Waals surface area contributed by atoms with E-state index in [-0.39, 0.29) is 11.1 Å². The minimum atomic E-state index is -0.688. The average molecular weight is 390 g/mol. The summed E-state index contributed by atoms with van der Waals surface area (Å²) in [4.78, 5) is 25.0. The van der Waals surface area contributed by atoms with Crippen molar-refractivity contribution in [3.63, 3.8) is 0 Å². The van der Waals surface area contributed by atoms with E-state index >= 15 is 0 Å². The summed E-state index contributed by atoms with van der Waals surface area (Å²) in [7, 11) is 1.54. The first-order valence-electron chi connectivity index (χ1n) is 8.95. The minimum absolute atomic E-state index is 0.115. The van der Waals surface area contributed by atoms with Gasteiger partial charge in [0.05, 0.1) is 18.2 Å². The number of hydrogen-bond acceptors (Lipinski definition) is 4. The van der Waals surface area contributed by atoms with Gasteiger partial charge in [0.25, 0.3) is 0 Å². The summed E-state index contributed by atoms with van der Waals surface area (Å²) in [6.45, 7) is -0.560. The maximum atomic E-state index is 13.8. The van der Waals surface area contributed by atoms with Gasteiger partial charge in [-0.1, -0.05) is 60.7 Å². The molecular weight excluding hydrogens is 371 g/mol. The summed E-state index contributed by atoms with van der Waals surface area (Å²) in [5, 5.41) is 0. The van der Waals surface area contributed by atoms with Gasteiger partial charge in [-0.25, -0.2) is 9.18 Å². The summed E-state index contributed by atoms with van der Waals surface area (Å²) >= 11 is 0. The summed E-state index contributed by atoms with van der Waals surface area (Å²) < 4.78 is 24.3. The van der Waals surface area contributed by atoms with E-state index in [4.69, 9.17) is 9.47 Å². The third-order valence-electron chi connectivity index (χ3n) is 4.25. The van der Waals surface area contributed by atoms with Crippen molar-refractivity contribution in [3.05, 3.63) is 101 Å². The number of Topliss-reactive ketones (excluding diaryl/α,β-unsaturated/α-hetero) is 1. The third kappa shape index (κ3) is 4.96. The van der Waals surface area contributed by atoms with Crippen molar-refractivity contribution < 1.29 is 23.5 Å². The van der Waals surface area contributed by atoms with E-state index in [2.05, 4.69) is 0 Å². The maximum absolute atomic E-state index is 13.8. The number of rotatable bonds is 7. The quantitative estimate of drug-likeness (QED) is 0.252. The molecular formula is C24H19FO4. The number of halogens is 1. The fourth-order valence-corrected chi connectivity index (χ4v) is 2.79. The molecule has 0 saturated heterocycles. The smallest absolute Gasteiger partial charge is 0.339 e. The highest BCUT2D eigenvalue weighted by Gasteiger charge is 2.18. The lowest BCUT2D eigenvalue weighted by Crippen LogP contribution is -2.16. The number of esters is 1. The Labute approximate surface area is 168 Å². The molecule has 0 fully saturated rings. The van der Waals surface area contributed by atoms with E-state index < -0.39 is 24.2 Å². The molecule has 0 aromatic heterocycles. The molecule has 3 aromatic rings. The van der Waals surface area contributed by atoms with Gasteiger partial charge in [-0.3, -0.25) is 4.79 Å². The predicted molar refractivity (Wildman–Crippen MR) is 109 cm³/mol. The van der Waals surface area contributed by atoms with Gasteiger partial charge in [-0.2, -0.15) is 0 Å². The lowest BCUT2D eigenvalue weighted by atomic mass is 10.0. The highest BCUT2D eigenvalue weighted by atomic mass is 19.1. The van der Waals surface area contributed by atoms with Gasteiger partial charge in [-0.05, 0) is 29.8 Å². The van der Waals surface area contributed by atoms with Crippen LogP contribution in [0.5, 0.6) is 5.75 Å². The Morgan fingerprint density at radius 3 is 2.28 bits per heavy atom. The number of carbonyl (C=O) groups excluding carboxylic acids is 2.